The Morgan fingerprint density at radius 2 is 2.00 bits per heavy atom. The van der Waals surface area contributed by atoms with E-state index >= 15 is 0 Å². The average Bonchev–Trinajstić information content (AvgIpc) is 3.27. The van der Waals surface area contributed by atoms with Crippen LogP contribution in [0.2, 0.25) is 0 Å². The summed E-state index contributed by atoms with van der Waals surface area (Å²) in [5.74, 6) is 0.113. The highest BCUT2D eigenvalue weighted by atomic mass is 32.1. The van der Waals surface area contributed by atoms with Crippen LogP contribution in [0.5, 0.6) is 0 Å². The summed E-state index contributed by atoms with van der Waals surface area (Å²) in [7, 11) is 0. The Labute approximate surface area is 190 Å². The standard InChI is InChI=1S/C24H39N3O3S/c1-3-12-27-15-22(28)20(10-9-17(27)2)25-24(30)21(14-18-7-5-4-6-8-18)26-23(29)19-11-13-31-16-19/h11,13,16-18,20-22,28H,3-10,12,14-15H2,1-2H3,(H,25,30)(H,26,29)/t17-,20+,21+,22+/m1/s1. The number of carbonyl (C=O) groups excluding carboxylic acids is 2. The SMILES string of the molecule is CCCN1C[C@H](O)[C@@H](NC(=O)[C@H](CC2CCCCC2)NC(=O)c2ccsc2)CC[C@H]1C. The first-order valence-corrected chi connectivity index (χ1v) is 13.0. The zero-order valence-corrected chi connectivity index (χ0v) is 19.8. The largest absolute Gasteiger partial charge is 0.390 e. The van der Waals surface area contributed by atoms with Gasteiger partial charge in [0.1, 0.15) is 6.04 Å². The Bertz CT molecular complexity index is 690. The van der Waals surface area contributed by atoms with Crippen LogP contribution in [0.3, 0.4) is 0 Å². The molecule has 2 aliphatic rings. The fraction of sp³-hybridized carbons (Fsp3) is 0.750. The maximum atomic E-state index is 13.3. The Kier molecular flexibility index (Phi) is 9.35. The number of β-amino-alcohol motifs (C(OH)–C–C–N with tert-alkyl or cyclic N) is 1. The molecule has 1 saturated carbocycles. The first-order valence-electron chi connectivity index (χ1n) is 12.0. The van der Waals surface area contributed by atoms with Gasteiger partial charge in [0.05, 0.1) is 17.7 Å². The number of hydrogen-bond acceptors (Lipinski definition) is 5. The molecule has 0 bridgehead atoms. The van der Waals surface area contributed by atoms with Crippen molar-refractivity contribution in [3.63, 3.8) is 0 Å². The molecule has 4 atom stereocenters. The molecule has 7 heteroatoms. The van der Waals surface area contributed by atoms with E-state index in [4.69, 9.17) is 0 Å². The Morgan fingerprint density at radius 1 is 1.23 bits per heavy atom. The van der Waals surface area contributed by atoms with Crippen LogP contribution in [0, 0.1) is 5.92 Å². The fourth-order valence-electron chi connectivity index (χ4n) is 5.02. The number of amides is 2. The predicted molar refractivity (Wildman–Crippen MR) is 125 cm³/mol. The van der Waals surface area contributed by atoms with Crippen LogP contribution in [-0.4, -0.2) is 59.1 Å². The van der Waals surface area contributed by atoms with E-state index in [-0.39, 0.29) is 17.9 Å². The zero-order chi connectivity index (χ0) is 22.2. The van der Waals surface area contributed by atoms with Crippen LogP contribution in [0.1, 0.15) is 82.0 Å². The number of hydrogen-bond donors (Lipinski definition) is 3. The minimum absolute atomic E-state index is 0.158. The van der Waals surface area contributed by atoms with Gasteiger partial charge in [-0.15, -0.1) is 0 Å². The van der Waals surface area contributed by atoms with E-state index in [0.717, 1.165) is 38.6 Å². The topological polar surface area (TPSA) is 81.7 Å². The van der Waals surface area contributed by atoms with Crippen LogP contribution in [0.15, 0.2) is 16.8 Å². The lowest BCUT2D eigenvalue weighted by atomic mass is 9.84. The van der Waals surface area contributed by atoms with Crippen molar-refractivity contribution in [1.82, 2.24) is 15.5 Å². The molecule has 1 saturated heterocycles. The minimum atomic E-state index is -0.594. The molecule has 0 aromatic carbocycles. The molecule has 3 rings (SSSR count). The highest BCUT2D eigenvalue weighted by Gasteiger charge is 2.33. The minimum Gasteiger partial charge on any atom is -0.390 e. The summed E-state index contributed by atoms with van der Waals surface area (Å²) in [6.07, 6.45) is 8.71. The van der Waals surface area contributed by atoms with Crippen LogP contribution in [0.25, 0.3) is 0 Å². The van der Waals surface area contributed by atoms with Crippen LogP contribution in [0.4, 0.5) is 0 Å². The highest BCUT2D eigenvalue weighted by Crippen LogP contribution is 2.28. The molecule has 2 fully saturated rings. The molecule has 6 nitrogen and oxygen atoms in total. The van der Waals surface area contributed by atoms with E-state index in [1.54, 1.807) is 6.07 Å². The molecule has 3 N–H and O–H groups in total. The van der Waals surface area contributed by atoms with Crippen molar-refractivity contribution in [3.8, 4) is 0 Å². The Balaban J connectivity index is 1.65. The summed E-state index contributed by atoms with van der Waals surface area (Å²) >= 11 is 1.48. The first kappa shape index (κ1) is 24.2. The van der Waals surface area contributed by atoms with Crippen molar-refractivity contribution in [2.45, 2.75) is 95.9 Å². The molecule has 1 aliphatic carbocycles. The lowest BCUT2D eigenvalue weighted by Crippen LogP contribution is -2.54. The van der Waals surface area contributed by atoms with Gasteiger partial charge in [0.2, 0.25) is 5.91 Å². The molecule has 1 aromatic rings. The molecule has 0 unspecified atom stereocenters. The maximum absolute atomic E-state index is 13.3. The van der Waals surface area contributed by atoms with Crippen molar-refractivity contribution in [3.05, 3.63) is 22.4 Å². The van der Waals surface area contributed by atoms with E-state index in [1.165, 1.54) is 30.6 Å². The van der Waals surface area contributed by atoms with Crippen LogP contribution in [-0.2, 0) is 4.79 Å². The van der Waals surface area contributed by atoms with Gasteiger partial charge in [-0.25, -0.2) is 0 Å². The molecular weight excluding hydrogens is 410 g/mol. The van der Waals surface area contributed by atoms with Crippen molar-refractivity contribution < 1.29 is 14.7 Å². The van der Waals surface area contributed by atoms with Gasteiger partial charge in [0, 0.05) is 18.0 Å². The molecule has 0 spiro atoms. The summed E-state index contributed by atoms with van der Waals surface area (Å²) in [5, 5.41) is 20.6. The van der Waals surface area contributed by atoms with E-state index in [1.807, 2.05) is 10.8 Å². The van der Waals surface area contributed by atoms with Crippen LogP contribution >= 0.6 is 11.3 Å². The number of aliphatic hydroxyl groups excluding tert-OH is 1. The molecule has 0 radical (unpaired) electrons. The molecule has 2 heterocycles. The van der Waals surface area contributed by atoms with E-state index in [0.29, 0.717) is 30.5 Å². The number of rotatable bonds is 8. The van der Waals surface area contributed by atoms with Gasteiger partial charge in [0.25, 0.3) is 5.91 Å². The van der Waals surface area contributed by atoms with Crippen molar-refractivity contribution in [2.24, 2.45) is 5.92 Å². The summed E-state index contributed by atoms with van der Waals surface area (Å²) in [6, 6.07) is 1.35. The van der Waals surface area contributed by atoms with E-state index < -0.39 is 12.1 Å². The highest BCUT2D eigenvalue weighted by molar-refractivity contribution is 7.08. The van der Waals surface area contributed by atoms with Gasteiger partial charge >= 0.3 is 0 Å². The average molecular weight is 450 g/mol. The third kappa shape index (κ3) is 7.02. The number of thiophene rings is 1. The van der Waals surface area contributed by atoms with Gasteiger partial charge in [-0.1, -0.05) is 39.0 Å². The van der Waals surface area contributed by atoms with Crippen molar-refractivity contribution in [1.29, 1.82) is 0 Å². The van der Waals surface area contributed by atoms with Gasteiger partial charge < -0.3 is 15.7 Å². The van der Waals surface area contributed by atoms with E-state index in [9.17, 15) is 14.7 Å². The summed E-state index contributed by atoms with van der Waals surface area (Å²) in [5.41, 5.74) is 0.602. The first-order chi connectivity index (χ1) is 15.0. The molecule has 1 aliphatic heterocycles. The second-order valence-electron chi connectivity index (χ2n) is 9.38. The van der Waals surface area contributed by atoms with Gasteiger partial charge in [-0.2, -0.15) is 11.3 Å². The zero-order valence-electron chi connectivity index (χ0n) is 19.0. The Morgan fingerprint density at radius 3 is 2.68 bits per heavy atom. The third-order valence-electron chi connectivity index (χ3n) is 6.94. The lowest BCUT2D eigenvalue weighted by molar-refractivity contribution is -0.125. The number of likely N-dealkylation sites (tertiary alicyclic amines) is 1. The summed E-state index contributed by atoms with van der Waals surface area (Å²) < 4.78 is 0. The third-order valence-corrected chi connectivity index (χ3v) is 7.63. The fourth-order valence-corrected chi connectivity index (χ4v) is 5.65. The molecule has 174 valence electrons. The lowest BCUT2D eigenvalue weighted by Gasteiger charge is -2.30. The summed E-state index contributed by atoms with van der Waals surface area (Å²) in [4.78, 5) is 28.3. The van der Waals surface area contributed by atoms with Gasteiger partial charge in [-0.3, -0.25) is 14.5 Å². The molecule has 1 aromatic heterocycles. The quantitative estimate of drug-likeness (QED) is 0.567. The number of carbonyl (C=O) groups is 2. The van der Waals surface area contributed by atoms with Gasteiger partial charge in [0.15, 0.2) is 0 Å². The number of nitrogens with zero attached hydrogens (tertiary/aromatic N) is 1. The number of aliphatic hydroxyl groups is 1. The maximum Gasteiger partial charge on any atom is 0.252 e. The summed E-state index contributed by atoms with van der Waals surface area (Å²) in [6.45, 7) is 5.88. The number of nitrogens with one attached hydrogen (secondary N) is 2. The molecular formula is C24H39N3O3S. The predicted octanol–water partition coefficient (Wildman–Crippen LogP) is 3.56. The Hall–Kier alpha value is -1.44. The second kappa shape index (κ2) is 12.0. The smallest absolute Gasteiger partial charge is 0.252 e. The van der Waals surface area contributed by atoms with Crippen molar-refractivity contribution >= 4 is 23.2 Å². The second-order valence-corrected chi connectivity index (χ2v) is 10.2. The van der Waals surface area contributed by atoms with Crippen LogP contribution < -0.4 is 10.6 Å². The molecule has 31 heavy (non-hydrogen) atoms. The molecule has 2 amide bonds. The monoisotopic (exact) mass is 449 g/mol. The van der Waals surface area contributed by atoms with Gasteiger partial charge in [-0.05, 0) is 56.5 Å². The normalized spacial score (nSPS) is 26.7. The van der Waals surface area contributed by atoms with E-state index in [2.05, 4.69) is 29.4 Å². The van der Waals surface area contributed by atoms with Crippen molar-refractivity contribution in [2.75, 3.05) is 13.1 Å².